The van der Waals surface area contributed by atoms with E-state index in [1.807, 2.05) is 24.3 Å². The number of phenolic OH excluding ortho intramolecular Hbond substituents is 1. The Balaban J connectivity index is 1.31. The van der Waals surface area contributed by atoms with Crippen LogP contribution in [0, 0.1) is 6.92 Å². The molecule has 5 aromatic rings. The van der Waals surface area contributed by atoms with E-state index in [0.717, 1.165) is 47.9 Å². The lowest BCUT2D eigenvalue weighted by Crippen LogP contribution is -2.33. The van der Waals surface area contributed by atoms with E-state index in [1.54, 1.807) is 19.2 Å². The molecule has 1 fully saturated rings. The van der Waals surface area contributed by atoms with Crippen molar-refractivity contribution >= 4 is 10.9 Å². The third-order valence-corrected chi connectivity index (χ3v) is 8.25. The summed E-state index contributed by atoms with van der Waals surface area (Å²) in [5, 5.41) is 11.0. The number of aryl methyl sites for hydroxylation is 1. The van der Waals surface area contributed by atoms with Crippen molar-refractivity contribution in [2.45, 2.75) is 32.7 Å². The monoisotopic (exact) mass is 546 g/mol. The Morgan fingerprint density at radius 2 is 1.51 bits per heavy atom. The van der Waals surface area contributed by atoms with Gasteiger partial charge in [-0.15, -0.1) is 0 Å². The van der Waals surface area contributed by atoms with Gasteiger partial charge in [0.25, 0.3) is 0 Å². The molecule has 1 aliphatic rings. The zero-order valence-corrected chi connectivity index (χ0v) is 24.0. The van der Waals surface area contributed by atoms with Crippen molar-refractivity contribution < 1.29 is 14.6 Å². The fourth-order valence-electron chi connectivity index (χ4n) is 6.01. The van der Waals surface area contributed by atoms with Gasteiger partial charge in [-0.25, -0.2) is 0 Å². The van der Waals surface area contributed by atoms with E-state index in [2.05, 4.69) is 71.0 Å². The summed E-state index contributed by atoms with van der Waals surface area (Å²) >= 11 is 0. The van der Waals surface area contributed by atoms with Crippen LogP contribution >= 0.6 is 0 Å². The normalized spacial score (nSPS) is 13.9. The van der Waals surface area contributed by atoms with E-state index < -0.39 is 0 Å². The third kappa shape index (κ3) is 5.96. The largest absolute Gasteiger partial charge is 0.508 e. The molecular weight excluding hydrogens is 508 g/mol. The average Bonchev–Trinajstić information content (AvgIpc) is 3.29. The molecule has 0 radical (unpaired) electrons. The zero-order valence-electron chi connectivity index (χ0n) is 24.0. The van der Waals surface area contributed by atoms with Crippen LogP contribution < -0.4 is 9.47 Å². The molecule has 5 nitrogen and oxygen atoms in total. The van der Waals surface area contributed by atoms with Crippen LogP contribution in [0.25, 0.3) is 33.3 Å². The van der Waals surface area contributed by atoms with Crippen LogP contribution in [0.1, 0.15) is 30.4 Å². The highest BCUT2D eigenvalue weighted by molar-refractivity contribution is 5.94. The lowest BCUT2D eigenvalue weighted by Gasteiger charge is -2.26. The Labute approximate surface area is 242 Å². The minimum Gasteiger partial charge on any atom is -0.508 e. The van der Waals surface area contributed by atoms with Crippen molar-refractivity contribution in [3.05, 3.63) is 102 Å². The second-order valence-corrected chi connectivity index (χ2v) is 11.0. The fourth-order valence-corrected chi connectivity index (χ4v) is 6.01. The number of benzene rings is 4. The number of rotatable bonds is 9. The summed E-state index contributed by atoms with van der Waals surface area (Å²) in [6.45, 7) is 7.05. The number of aromatic hydroxyl groups is 1. The van der Waals surface area contributed by atoms with Gasteiger partial charge >= 0.3 is 0 Å². The molecule has 2 heterocycles. The van der Waals surface area contributed by atoms with Crippen LogP contribution in [0.3, 0.4) is 0 Å². The van der Waals surface area contributed by atoms with Gasteiger partial charge < -0.3 is 19.1 Å². The van der Waals surface area contributed by atoms with Gasteiger partial charge in [0.1, 0.15) is 23.9 Å². The summed E-state index contributed by atoms with van der Waals surface area (Å²) in [7, 11) is 1.71. The number of piperidine rings is 1. The molecule has 41 heavy (non-hydrogen) atoms. The van der Waals surface area contributed by atoms with Gasteiger partial charge in [0, 0.05) is 29.6 Å². The topological polar surface area (TPSA) is 46.9 Å². The maximum Gasteiger partial charge on any atom is 0.119 e. The van der Waals surface area contributed by atoms with Crippen molar-refractivity contribution in [3.8, 4) is 39.6 Å². The number of aromatic nitrogens is 1. The van der Waals surface area contributed by atoms with Gasteiger partial charge in [0.2, 0.25) is 0 Å². The molecule has 0 bridgehead atoms. The van der Waals surface area contributed by atoms with Crippen LogP contribution in [0.15, 0.2) is 91.0 Å². The van der Waals surface area contributed by atoms with E-state index in [1.165, 1.54) is 60.1 Å². The van der Waals surface area contributed by atoms with Gasteiger partial charge in [0.15, 0.2) is 0 Å². The first-order valence-electron chi connectivity index (χ1n) is 14.6. The summed E-state index contributed by atoms with van der Waals surface area (Å²) in [5.41, 5.74) is 8.15. The van der Waals surface area contributed by atoms with Crippen LogP contribution in [-0.2, 0) is 6.54 Å². The molecule has 1 aliphatic heterocycles. The minimum absolute atomic E-state index is 0.274. The molecule has 6 rings (SSSR count). The van der Waals surface area contributed by atoms with Gasteiger partial charge in [0.05, 0.1) is 12.8 Å². The number of ether oxygens (including phenoxy) is 2. The van der Waals surface area contributed by atoms with E-state index in [9.17, 15) is 5.11 Å². The first-order chi connectivity index (χ1) is 20.1. The first-order valence-corrected chi connectivity index (χ1v) is 14.6. The molecule has 0 atom stereocenters. The molecule has 4 aromatic carbocycles. The number of phenols is 1. The van der Waals surface area contributed by atoms with Crippen LogP contribution in [-0.4, -0.2) is 47.9 Å². The number of hydrogen-bond donors (Lipinski definition) is 1. The van der Waals surface area contributed by atoms with Gasteiger partial charge in [-0.1, -0.05) is 48.9 Å². The molecule has 5 heteroatoms. The van der Waals surface area contributed by atoms with Gasteiger partial charge in [-0.2, -0.15) is 0 Å². The van der Waals surface area contributed by atoms with Crippen LogP contribution in [0.4, 0.5) is 0 Å². The standard InChI is InChI=1S/C36H38N2O3/c1-26-34-24-29(28-11-14-31(39)15-12-28)13-18-35(34)38(36(26)30-7-6-8-33(23-30)40-2)25-27-9-16-32(17-10-27)41-22-21-37-19-4-3-5-20-37/h6-18,23-24,39H,3-5,19-22,25H2,1-2H3. The van der Waals surface area contributed by atoms with Gasteiger partial charge in [-0.3, -0.25) is 4.90 Å². The molecule has 0 spiro atoms. The van der Waals surface area contributed by atoms with Crippen molar-refractivity contribution in [2.24, 2.45) is 0 Å². The predicted octanol–water partition coefficient (Wildman–Crippen LogP) is 7.91. The molecule has 210 valence electrons. The predicted molar refractivity (Wildman–Crippen MR) is 167 cm³/mol. The maximum atomic E-state index is 9.76. The van der Waals surface area contributed by atoms with E-state index in [4.69, 9.17) is 9.47 Å². The molecule has 0 unspecified atom stereocenters. The number of methoxy groups -OCH3 is 1. The van der Waals surface area contributed by atoms with Crippen molar-refractivity contribution in [1.29, 1.82) is 0 Å². The molecular formula is C36H38N2O3. The Morgan fingerprint density at radius 1 is 0.756 bits per heavy atom. The Hall–Kier alpha value is -4.22. The van der Waals surface area contributed by atoms with Crippen molar-refractivity contribution in [3.63, 3.8) is 0 Å². The van der Waals surface area contributed by atoms with Crippen LogP contribution in [0.2, 0.25) is 0 Å². The Bertz CT molecular complexity index is 1610. The first kappa shape index (κ1) is 27.0. The Morgan fingerprint density at radius 3 is 2.27 bits per heavy atom. The summed E-state index contributed by atoms with van der Waals surface area (Å²) in [6, 6.07) is 30.9. The van der Waals surface area contributed by atoms with E-state index >= 15 is 0 Å². The number of nitrogens with zero attached hydrogens (tertiary/aromatic N) is 2. The second kappa shape index (κ2) is 12.1. The molecule has 1 saturated heterocycles. The SMILES string of the molecule is COc1cccc(-c2c(C)c3cc(-c4ccc(O)cc4)ccc3n2Cc2ccc(OCCN3CCCCC3)cc2)c1. The van der Waals surface area contributed by atoms with E-state index in [0.29, 0.717) is 0 Å². The zero-order chi connectivity index (χ0) is 28.2. The molecule has 0 saturated carbocycles. The molecule has 1 aromatic heterocycles. The smallest absolute Gasteiger partial charge is 0.119 e. The average molecular weight is 547 g/mol. The molecule has 0 aliphatic carbocycles. The second-order valence-electron chi connectivity index (χ2n) is 11.0. The van der Waals surface area contributed by atoms with E-state index in [-0.39, 0.29) is 5.75 Å². The summed E-state index contributed by atoms with van der Waals surface area (Å²) < 4.78 is 14.1. The van der Waals surface area contributed by atoms with Crippen LogP contribution in [0.5, 0.6) is 17.2 Å². The summed E-state index contributed by atoms with van der Waals surface area (Å²) in [5.74, 6) is 2.04. The molecule has 1 N–H and O–H groups in total. The fraction of sp³-hybridized carbons (Fsp3) is 0.278. The van der Waals surface area contributed by atoms with Crippen molar-refractivity contribution in [1.82, 2.24) is 9.47 Å². The van der Waals surface area contributed by atoms with Gasteiger partial charge in [-0.05, 0) is 104 Å². The maximum absolute atomic E-state index is 9.76. The van der Waals surface area contributed by atoms with Crippen molar-refractivity contribution in [2.75, 3.05) is 33.4 Å². The highest BCUT2D eigenvalue weighted by Gasteiger charge is 2.18. The minimum atomic E-state index is 0.274. The number of fused-ring (bicyclic) bond motifs is 1. The lowest BCUT2D eigenvalue weighted by atomic mass is 10.0. The highest BCUT2D eigenvalue weighted by atomic mass is 16.5. The number of likely N-dealkylation sites (tertiary alicyclic amines) is 1. The Kier molecular flexibility index (Phi) is 7.97. The highest BCUT2D eigenvalue weighted by Crippen LogP contribution is 2.37. The molecule has 0 amide bonds. The quantitative estimate of drug-likeness (QED) is 0.204. The lowest BCUT2D eigenvalue weighted by molar-refractivity contribution is 0.183. The number of hydrogen-bond acceptors (Lipinski definition) is 4. The summed E-state index contributed by atoms with van der Waals surface area (Å²) in [6.07, 6.45) is 3.96. The third-order valence-electron chi connectivity index (χ3n) is 8.25. The summed E-state index contributed by atoms with van der Waals surface area (Å²) in [4.78, 5) is 2.50.